The van der Waals surface area contributed by atoms with Gasteiger partial charge in [0.2, 0.25) is 17.7 Å². The molecule has 5 atom stereocenters. The van der Waals surface area contributed by atoms with Crippen molar-refractivity contribution < 1.29 is 34.2 Å². The summed E-state index contributed by atoms with van der Waals surface area (Å²) in [7, 11) is 0. The maximum absolute atomic E-state index is 13.2. The molecular weight excluding hydrogens is 480 g/mol. The summed E-state index contributed by atoms with van der Waals surface area (Å²) >= 11 is 0. The van der Waals surface area contributed by atoms with E-state index in [9.17, 15) is 29.1 Å². The van der Waals surface area contributed by atoms with Gasteiger partial charge in [0.1, 0.15) is 18.1 Å². The van der Waals surface area contributed by atoms with Crippen LogP contribution in [0.25, 0.3) is 0 Å². The number of aliphatic carboxylic acids is 2. The molecule has 0 saturated carbocycles. The van der Waals surface area contributed by atoms with Gasteiger partial charge in [-0.3, -0.25) is 19.2 Å². The summed E-state index contributed by atoms with van der Waals surface area (Å²) in [6.07, 6.45) is 0.254. The third-order valence-corrected chi connectivity index (χ3v) is 6.08. The standard InChI is InChI=1S/C26H40N4O7/c1-5-16(4)22(27)25(35)28-18(11-12-21(31)32)23(33)29-19(14-17-9-7-6-8-10-17)24(34)30-20(26(36)37)13-15(2)3/h6-10,15-16,18-20,22H,5,11-14,27H2,1-4H3,(H,28,35)(H,29,33)(H,30,34)(H,31,32)(H,36,37). The predicted octanol–water partition coefficient (Wildman–Crippen LogP) is 1.05. The number of rotatable bonds is 16. The van der Waals surface area contributed by atoms with Crippen LogP contribution in [0.2, 0.25) is 0 Å². The third-order valence-electron chi connectivity index (χ3n) is 6.08. The first-order valence-corrected chi connectivity index (χ1v) is 12.5. The van der Waals surface area contributed by atoms with Crippen LogP contribution in [-0.2, 0) is 30.4 Å². The molecule has 206 valence electrons. The molecule has 0 aliphatic carbocycles. The van der Waals surface area contributed by atoms with Crippen LogP contribution in [0, 0.1) is 11.8 Å². The van der Waals surface area contributed by atoms with E-state index in [1.54, 1.807) is 37.3 Å². The second-order valence-electron chi connectivity index (χ2n) is 9.68. The largest absolute Gasteiger partial charge is 0.481 e. The Morgan fingerprint density at radius 1 is 0.838 bits per heavy atom. The van der Waals surface area contributed by atoms with Crippen LogP contribution in [0.15, 0.2) is 30.3 Å². The van der Waals surface area contributed by atoms with Gasteiger partial charge in [-0.2, -0.15) is 0 Å². The van der Waals surface area contributed by atoms with Crippen molar-refractivity contribution in [1.82, 2.24) is 16.0 Å². The normalized spacial score (nSPS) is 15.1. The fourth-order valence-electron chi connectivity index (χ4n) is 3.61. The van der Waals surface area contributed by atoms with Crippen molar-refractivity contribution in [3.05, 3.63) is 35.9 Å². The number of carbonyl (C=O) groups is 5. The Morgan fingerprint density at radius 2 is 1.38 bits per heavy atom. The second kappa shape index (κ2) is 15.6. The molecule has 0 heterocycles. The number of carbonyl (C=O) groups excluding carboxylic acids is 3. The summed E-state index contributed by atoms with van der Waals surface area (Å²) in [5.41, 5.74) is 6.68. The van der Waals surface area contributed by atoms with Gasteiger partial charge in [0, 0.05) is 12.8 Å². The number of amides is 3. The van der Waals surface area contributed by atoms with Crippen LogP contribution in [0.1, 0.15) is 58.9 Å². The summed E-state index contributed by atoms with van der Waals surface area (Å²) < 4.78 is 0. The Balaban J connectivity index is 3.16. The number of nitrogens with two attached hydrogens (primary N) is 1. The summed E-state index contributed by atoms with van der Waals surface area (Å²) in [5.74, 6) is -4.61. The Hall–Kier alpha value is -3.47. The maximum atomic E-state index is 13.2. The van der Waals surface area contributed by atoms with Crippen LogP contribution < -0.4 is 21.7 Å². The molecule has 0 radical (unpaired) electrons. The van der Waals surface area contributed by atoms with E-state index < -0.39 is 60.2 Å². The zero-order valence-electron chi connectivity index (χ0n) is 21.9. The maximum Gasteiger partial charge on any atom is 0.326 e. The van der Waals surface area contributed by atoms with Gasteiger partial charge in [-0.1, -0.05) is 64.4 Å². The number of hydrogen-bond donors (Lipinski definition) is 6. The molecule has 0 saturated heterocycles. The zero-order chi connectivity index (χ0) is 28.1. The minimum Gasteiger partial charge on any atom is -0.481 e. The first kappa shape index (κ1) is 31.6. The topological polar surface area (TPSA) is 188 Å². The second-order valence-corrected chi connectivity index (χ2v) is 9.68. The number of carboxylic acid groups (broad SMARTS) is 2. The Labute approximate surface area is 217 Å². The van der Waals surface area contributed by atoms with Crippen molar-refractivity contribution in [2.24, 2.45) is 17.6 Å². The Bertz CT molecular complexity index is 923. The Morgan fingerprint density at radius 3 is 1.89 bits per heavy atom. The van der Waals surface area contributed by atoms with Crippen molar-refractivity contribution in [2.45, 2.75) is 84.0 Å². The highest BCUT2D eigenvalue weighted by atomic mass is 16.4. The lowest BCUT2D eigenvalue weighted by atomic mass is 9.98. The van der Waals surface area contributed by atoms with Crippen molar-refractivity contribution in [2.75, 3.05) is 0 Å². The molecule has 11 nitrogen and oxygen atoms in total. The van der Waals surface area contributed by atoms with E-state index >= 15 is 0 Å². The molecule has 37 heavy (non-hydrogen) atoms. The summed E-state index contributed by atoms with van der Waals surface area (Å²) in [5, 5.41) is 26.2. The van der Waals surface area contributed by atoms with Crippen molar-refractivity contribution in [1.29, 1.82) is 0 Å². The fourth-order valence-corrected chi connectivity index (χ4v) is 3.61. The molecule has 5 unspecified atom stereocenters. The molecule has 0 spiro atoms. The molecule has 3 amide bonds. The molecule has 7 N–H and O–H groups in total. The van der Waals surface area contributed by atoms with E-state index in [-0.39, 0.29) is 31.1 Å². The van der Waals surface area contributed by atoms with Gasteiger partial charge >= 0.3 is 11.9 Å². The van der Waals surface area contributed by atoms with Crippen molar-refractivity contribution in [3.8, 4) is 0 Å². The summed E-state index contributed by atoms with van der Waals surface area (Å²) in [4.78, 5) is 61.8. The first-order valence-electron chi connectivity index (χ1n) is 12.5. The summed E-state index contributed by atoms with van der Waals surface area (Å²) in [6.45, 7) is 7.30. The minimum absolute atomic E-state index is 0.00565. The lowest BCUT2D eigenvalue weighted by Gasteiger charge is -2.26. The molecule has 0 aliphatic heterocycles. The van der Waals surface area contributed by atoms with Gasteiger partial charge in [0.15, 0.2) is 0 Å². The van der Waals surface area contributed by atoms with Crippen LogP contribution in [-0.4, -0.2) is 64.0 Å². The Kier molecular flexibility index (Phi) is 13.3. The molecule has 11 heteroatoms. The highest BCUT2D eigenvalue weighted by molar-refractivity contribution is 5.94. The highest BCUT2D eigenvalue weighted by Crippen LogP contribution is 2.10. The quantitative estimate of drug-likeness (QED) is 0.186. The lowest BCUT2D eigenvalue weighted by Crippen LogP contribution is -2.58. The van der Waals surface area contributed by atoms with Crippen molar-refractivity contribution in [3.63, 3.8) is 0 Å². The molecular formula is C26H40N4O7. The van der Waals surface area contributed by atoms with E-state index in [1.165, 1.54) is 0 Å². The number of benzene rings is 1. The van der Waals surface area contributed by atoms with E-state index in [1.807, 2.05) is 20.8 Å². The van der Waals surface area contributed by atoms with E-state index in [4.69, 9.17) is 10.8 Å². The SMILES string of the molecule is CCC(C)C(N)C(=O)NC(CCC(=O)O)C(=O)NC(Cc1ccccc1)C(=O)NC(CC(C)C)C(=O)O. The van der Waals surface area contributed by atoms with Gasteiger partial charge in [-0.15, -0.1) is 0 Å². The molecule has 0 fully saturated rings. The monoisotopic (exact) mass is 520 g/mol. The zero-order valence-corrected chi connectivity index (χ0v) is 21.9. The molecule has 1 aromatic rings. The van der Waals surface area contributed by atoms with E-state index in [2.05, 4.69) is 16.0 Å². The number of nitrogens with one attached hydrogen (secondary N) is 3. The fraction of sp³-hybridized carbons (Fsp3) is 0.577. The third kappa shape index (κ3) is 11.4. The van der Waals surface area contributed by atoms with Crippen LogP contribution >= 0.6 is 0 Å². The van der Waals surface area contributed by atoms with Gasteiger partial charge in [0.25, 0.3) is 0 Å². The molecule has 0 aromatic heterocycles. The first-order chi connectivity index (χ1) is 17.3. The van der Waals surface area contributed by atoms with Gasteiger partial charge in [-0.25, -0.2) is 4.79 Å². The van der Waals surface area contributed by atoms with E-state index in [0.717, 1.165) is 0 Å². The van der Waals surface area contributed by atoms with Crippen LogP contribution in [0.3, 0.4) is 0 Å². The van der Waals surface area contributed by atoms with Gasteiger partial charge < -0.3 is 31.9 Å². The van der Waals surface area contributed by atoms with E-state index in [0.29, 0.717) is 12.0 Å². The minimum atomic E-state index is -1.25. The smallest absolute Gasteiger partial charge is 0.326 e. The summed E-state index contributed by atoms with van der Waals surface area (Å²) in [6, 6.07) is 4.34. The van der Waals surface area contributed by atoms with Gasteiger partial charge in [-0.05, 0) is 30.2 Å². The lowest BCUT2D eigenvalue weighted by molar-refractivity contribution is -0.142. The molecule has 0 aliphatic rings. The molecule has 1 rings (SSSR count). The number of hydrogen-bond acceptors (Lipinski definition) is 6. The van der Waals surface area contributed by atoms with Crippen molar-refractivity contribution >= 4 is 29.7 Å². The average molecular weight is 521 g/mol. The predicted molar refractivity (Wildman–Crippen MR) is 137 cm³/mol. The average Bonchev–Trinajstić information content (AvgIpc) is 2.84. The van der Waals surface area contributed by atoms with Gasteiger partial charge in [0.05, 0.1) is 6.04 Å². The molecule has 0 bridgehead atoms. The van der Waals surface area contributed by atoms with Crippen LogP contribution in [0.5, 0.6) is 0 Å². The number of carboxylic acids is 2. The molecule has 1 aromatic carbocycles. The highest BCUT2D eigenvalue weighted by Gasteiger charge is 2.31. The van der Waals surface area contributed by atoms with Crippen LogP contribution in [0.4, 0.5) is 0 Å².